The molecule has 124 valence electrons. The minimum absolute atomic E-state index is 0.168. The van der Waals surface area contributed by atoms with Gasteiger partial charge in [0.05, 0.1) is 0 Å². The van der Waals surface area contributed by atoms with Crippen molar-refractivity contribution < 1.29 is 14.1 Å². The Morgan fingerprint density at radius 2 is 2.04 bits per heavy atom. The molecule has 1 aromatic heterocycles. The first-order valence-corrected chi connectivity index (χ1v) is 7.75. The normalized spacial score (nSPS) is 12.8. The molecule has 0 saturated heterocycles. The largest absolute Gasteiger partial charge is 0.481 e. The maximum Gasteiger partial charge on any atom is 0.266 e. The average molecular weight is 337 g/mol. The van der Waals surface area contributed by atoms with Gasteiger partial charge in [-0.2, -0.15) is 0 Å². The molecule has 0 aliphatic carbocycles. The predicted molar refractivity (Wildman–Crippen MR) is 90.1 cm³/mol. The summed E-state index contributed by atoms with van der Waals surface area (Å²) in [5.74, 6) is 1.40. The van der Waals surface area contributed by atoms with Crippen LogP contribution in [0.25, 0.3) is 0 Å². The second kappa shape index (κ2) is 6.62. The molecular weight excluding hydrogens is 316 g/mol. The van der Waals surface area contributed by atoms with E-state index in [1.54, 1.807) is 31.2 Å². The van der Waals surface area contributed by atoms with Crippen molar-refractivity contribution in [3.05, 3.63) is 40.6 Å². The van der Waals surface area contributed by atoms with E-state index in [9.17, 15) is 4.79 Å². The second-order valence-electron chi connectivity index (χ2n) is 6.49. The molecule has 2 aromatic rings. The van der Waals surface area contributed by atoms with Crippen LogP contribution in [0.15, 0.2) is 28.8 Å². The molecule has 23 heavy (non-hydrogen) atoms. The van der Waals surface area contributed by atoms with Gasteiger partial charge >= 0.3 is 0 Å². The number of nitrogens with zero attached hydrogens (tertiary/aromatic N) is 1. The van der Waals surface area contributed by atoms with Crippen LogP contribution in [0.1, 0.15) is 39.0 Å². The number of anilines is 1. The Bertz CT molecular complexity index is 704. The molecule has 1 heterocycles. The maximum absolute atomic E-state index is 12.2. The lowest BCUT2D eigenvalue weighted by Gasteiger charge is -2.15. The van der Waals surface area contributed by atoms with Crippen LogP contribution < -0.4 is 10.1 Å². The van der Waals surface area contributed by atoms with E-state index >= 15 is 0 Å². The number of hydrogen-bond acceptors (Lipinski definition) is 4. The fraction of sp³-hybridized carbons (Fsp3) is 0.412. The van der Waals surface area contributed by atoms with Crippen LogP contribution in [0, 0.1) is 6.92 Å². The van der Waals surface area contributed by atoms with Gasteiger partial charge in [-0.25, -0.2) is 0 Å². The van der Waals surface area contributed by atoms with Gasteiger partial charge in [0, 0.05) is 16.5 Å². The highest BCUT2D eigenvalue weighted by atomic mass is 35.5. The van der Waals surface area contributed by atoms with Crippen molar-refractivity contribution in [2.45, 2.75) is 46.1 Å². The van der Waals surface area contributed by atoms with Gasteiger partial charge in [0.25, 0.3) is 5.91 Å². The molecule has 1 atom stereocenters. The van der Waals surface area contributed by atoms with Crippen molar-refractivity contribution >= 4 is 23.3 Å². The first kappa shape index (κ1) is 17.3. The summed E-state index contributed by atoms with van der Waals surface area (Å²) in [4.78, 5) is 12.2. The molecule has 6 heteroatoms. The number of halogens is 1. The lowest BCUT2D eigenvalue weighted by atomic mass is 9.93. The van der Waals surface area contributed by atoms with E-state index in [4.69, 9.17) is 20.9 Å². The SMILES string of the molecule is Cc1cc(Cl)ccc1OC(C)C(=O)Nc1cc(C(C)(C)C)on1. The van der Waals surface area contributed by atoms with E-state index in [2.05, 4.69) is 10.5 Å². The molecule has 0 radical (unpaired) electrons. The van der Waals surface area contributed by atoms with Gasteiger partial charge in [0.15, 0.2) is 11.9 Å². The fourth-order valence-corrected chi connectivity index (χ4v) is 2.13. The van der Waals surface area contributed by atoms with Crippen molar-refractivity contribution in [1.82, 2.24) is 5.16 Å². The highest BCUT2D eigenvalue weighted by Crippen LogP contribution is 2.25. The van der Waals surface area contributed by atoms with Crippen LogP contribution in [0.5, 0.6) is 5.75 Å². The molecule has 1 aromatic carbocycles. The van der Waals surface area contributed by atoms with Gasteiger partial charge in [-0.3, -0.25) is 4.79 Å². The first-order chi connectivity index (χ1) is 10.7. The van der Waals surface area contributed by atoms with Crippen molar-refractivity contribution in [2.24, 2.45) is 0 Å². The Morgan fingerprint density at radius 1 is 1.35 bits per heavy atom. The number of aromatic nitrogens is 1. The lowest BCUT2D eigenvalue weighted by Crippen LogP contribution is -2.30. The Morgan fingerprint density at radius 3 is 2.61 bits per heavy atom. The molecule has 1 N–H and O–H groups in total. The Hall–Kier alpha value is -2.01. The topological polar surface area (TPSA) is 64.4 Å². The molecular formula is C17H21ClN2O3. The van der Waals surface area contributed by atoms with E-state index < -0.39 is 6.10 Å². The standard InChI is InChI=1S/C17H21ClN2O3/c1-10-8-12(18)6-7-13(10)22-11(2)16(21)19-15-9-14(23-20-15)17(3,4)5/h6-9,11H,1-5H3,(H,19,20,21). The number of ether oxygens (including phenoxy) is 1. The summed E-state index contributed by atoms with van der Waals surface area (Å²) < 4.78 is 10.9. The summed E-state index contributed by atoms with van der Waals surface area (Å²) >= 11 is 5.91. The van der Waals surface area contributed by atoms with Crippen molar-refractivity contribution in [3.8, 4) is 5.75 Å². The van der Waals surface area contributed by atoms with Crippen LogP contribution in [-0.2, 0) is 10.2 Å². The monoisotopic (exact) mass is 336 g/mol. The summed E-state index contributed by atoms with van der Waals surface area (Å²) in [6.07, 6.45) is -0.676. The minimum Gasteiger partial charge on any atom is -0.481 e. The summed E-state index contributed by atoms with van der Waals surface area (Å²) in [6, 6.07) is 6.98. The van der Waals surface area contributed by atoms with Gasteiger partial charge in [0.2, 0.25) is 0 Å². The zero-order valence-corrected chi connectivity index (χ0v) is 14.7. The summed E-state index contributed by atoms with van der Waals surface area (Å²) in [5, 5.41) is 7.18. The smallest absolute Gasteiger partial charge is 0.266 e. The fourth-order valence-electron chi connectivity index (χ4n) is 1.90. The van der Waals surface area contributed by atoms with Crippen LogP contribution in [-0.4, -0.2) is 17.2 Å². The summed E-state index contributed by atoms with van der Waals surface area (Å²) in [6.45, 7) is 9.57. The van der Waals surface area contributed by atoms with Crippen LogP contribution in [0.4, 0.5) is 5.82 Å². The Balaban J connectivity index is 2.01. The zero-order chi connectivity index (χ0) is 17.2. The number of rotatable bonds is 4. The third kappa shape index (κ3) is 4.48. The lowest BCUT2D eigenvalue weighted by molar-refractivity contribution is -0.122. The number of carbonyl (C=O) groups is 1. The van der Waals surface area contributed by atoms with Crippen molar-refractivity contribution in [2.75, 3.05) is 5.32 Å². The predicted octanol–water partition coefficient (Wildman–Crippen LogP) is 4.34. The highest BCUT2D eigenvalue weighted by Gasteiger charge is 2.22. The first-order valence-electron chi connectivity index (χ1n) is 7.37. The quantitative estimate of drug-likeness (QED) is 0.902. The highest BCUT2D eigenvalue weighted by molar-refractivity contribution is 6.30. The number of nitrogens with one attached hydrogen (secondary N) is 1. The van der Waals surface area contributed by atoms with E-state index in [1.165, 1.54) is 0 Å². The Kier molecular flexibility index (Phi) is 5.00. The molecule has 0 saturated carbocycles. The van der Waals surface area contributed by atoms with E-state index in [0.29, 0.717) is 22.4 Å². The van der Waals surface area contributed by atoms with Gasteiger partial charge in [0.1, 0.15) is 11.5 Å². The number of aryl methyl sites for hydroxylation is 1. The number of benzene rings is 1. The van der Waals surface area contributed by atoms with E-state index in [1.807, 2.05) is 27.7 Å². The van der Waals surface area contributed by atoms with Crippen molar-refractivity contribution in [3.63, 3.8) is 0 Å². The number of amides is 1. The van der Waals surface area contributed by atoms with Gasteiger partial charge in [-0.1, -0.05) is 37.5 Å². The molecule has 0 aliphatic rings. The minimum atomic E-state index is -0.676. The van der Waals surface area contributed by atoms with Crippen molar-refractivity contribution in [1.29, 1.82) is 0 Å². The molecule has 1 unspecified atom stereocenters. The third-order valence-electron chi connectivity index (χ3n) is 3.31. The average Bonchev–Trinajstić information content (AvgIpc) is 2.90. The summed E-state index contributed by atoms with van der Waals surface area (Å²) in [5.41, 5.74) is 0.701. The molecule has 2 rings (SSSR count). The molecule has 5 nitrogen and oxygen atoms in total. The number of carbonyl (C=O) groups excluding carboxylic acids is 1. The second-order valence-corrected chi connectivity index (χ2v) is 6.92. The van der Waals surface area contributed by atoms with Gasteiger partial charge in [-0.05, 0) is 37.6 Å². The number of hydrogen-bond donors (Lipinski definition) is 1. The Labute approximate surface area is 141 Å². The zero-order valence-electron chi connectivity index (χ0n) is 13.9. The molecule has 1 amide bonds. The van der Waals surface area contributed by atoms with E-state index in [-0.39, 0.29) is 11.3 Å². The molecule has 0 bridgehead atoms. The molecule has 0 fully saturated rings. The van der Waals surface area contributed by atoms with Crippen LogP contribution >= 0.6 is 11.6 Å². The third-order valence-corrected chi connectivity index (χ3v) is 3.55. The summed E-state index contributed by atoms with van der Waals surface area (Å²) in [7, 11) is 0. The van der Waals surface area contributed by atoms with Gasteiger partial charge < -0.3 is 14.6 Å². The van der Waals surface area contributed by atoms with Crippen LogP contribution in [0.3, 0.4) is 0 Å². The molecule has 0 spiro atoms. The van der Waals surface area contributed by atoms with Gasteiger partial charge in [-0.15, -0.1) is 0 Å². The maximum atomic E-state index is 12.2. The molecule has 0 aliphatic heterocycles. The van der Waals surface area contributed by atoms with E-state index in [0.717, 1.165) is 5.56 Å². The van der Waals surface area contributed by atoms with Crippen LogP contribution in [0.2, 0.25) is 5.02 Å².